The largest absolute Gasteiger partial charge is 0.478 e. The van der Waals surface area contributed by atoms with Crippen LogP contribution in [0.3, 0.4) is 0 Å². The number of carbonyl (C=O) groups is 1. The van der Waals surface area contributed by atoms with E-state index in [0.717, 1.165) is 24.2 Å². The van der Waals surface area contributed by atoms with E-state index in [4.69, 9.17) is 4.74 Å². The monoisotopic (exact) mass is 257 g/mol. The molecule has 0 spiro atoms. The zero-order valence-corrected chi connectivity index (χ0v) is 10.7. The molecule has 1 amide bonds. The van der Waals surface area contributed by atoms with Crippen molar-refractivity contribution in [2.45, 2.75) is 19.9 Å². The smallest absolute Gasteiger partial charge is 0.276 e. The fraction of sp³-hybridized carbons (Fsp3) is 0.286. The second-order valence-electron chi connectivity index (χ2n) is 4.56. The van der Waals surface area contributed by atoms with Gasteiger partial charge in [0, 0.05) is 24.7 Å². The van der Waals surface area contributed by atoms with Crippen LogP contribution in [0.25, 0.3) is 0 Å². The summed E-state index contributed by atoms with van der Waals surface area (Å²) in [6.45, 7) is 3.44. The number of aromatic nitrogens is 2. The lowest BCUT2D eigenvalue weighted by Gasteiger charge is -2.13. The van der Waals surface area contributed by atoms with Crippen LogP contribution in [0.4, 0.5) is 5.69 Å². The van der Waals surface area contributed by atoms with Crippen molar-refractivity contribution in [3.63, 3.8) is 0 Å². The van der Waals surface area contributed by atoms with Gasteiger partial charge in [0.05, 0.1) is 6.61 Å². The van der Waals surface area contributed by atoms with Crippen LogP contribution in [0.2, 0.25) is 0 Å². The molecule has 1 aliphatic rings. The Hall–Kier alpha value is -2.30. The lowest BCUT2D eigenvalue weighted by atomic mass is 10.2. The number of hydrogen-bond donors (Lipinski definition) is 1. The minimum Gasteiger partial charge on any atom is -0.478 e. The molecule has 0 aliphatic carbocycles. The SMILES string of the molecule is Cc1ccccc1NC(=O)c1cc2n(n1)CCCO2. The van der Waals surface area contributed by atoms with Crippen LogP contribution in [0, 0.1) is 6.92 Å². The maximum Gasteiger partial charge on any atom is 0.276 e. The second kappa shape index (κ2) is 4.76. The number of benzene rings is 1. The number of hydrogen-bond acceptors (Lipinski definition) is 3. The Labute approximate surface area is 111 Å². The van der Waals surface area contributed by atoms with Crippen molar-refractivity contribution in [1.82, 2.24) is 9.78 Å². The summed E-state index contributed by atoms with van der Waals surface area (Å²) in [5, 5.41) is 7.12. The van der Waals surface area contributed by atoms with Gasteiger partial charge < -0.3 is 10.1 Å². The lowest BCUT2D eigenvalue weighted by Crippen LogP contribution is -2.16. The third-order valence-corrected chi connectivity index (χ3v) is 3.13. The highest BCUT2D eigenvalue weighted by Crippen LogP contribution is 2.20. The van der Waals surface area contributed by atoms with Gasteiger partial charge in [0.25, 0.3) is 5.91 Å². The number of fused-ring (bicyclic) bond motifs is 1. The summed E-state index contributed by atoms with van der Waals surface area (Å²) in [4.78, 5) is 12.1. The Morgan fingerprint density at radius 2 is 2.26 bits per heavy atom. The van der Waals surface area contributed by atoms with Crippen LogP contribution < -0.4 is 10.1 Å². The Morgan fingerprint density at radius 3 is 3.05 bits per heavy atom. The van der Waals surface area contributed by atoms with Crippen LogP contribution in [0.1, 0.15) is 22.5 Å². The highest BCUT2D eigenvalue weighted by Gasteiger charge is 2.18. The van der Waals surface area contributed by atoms with Gasteiger partial charge in [-0.05, 0) is 18.6 Å². The number of carbonyl (C=O) groups excluding carboxylic acids is 1. The van der Waals surface area contributed by atoms with Gasteiger partial charge in [-0.25, -0.2) is 4.68 Å². The summed E-state index contributed by atoms with van der Waals surface area (Å²) in [5.74, 6) is 0.459. The van der Waals surface area contributed by atoms with Gasteiger partial charge in [0.2, 0.25) is 5.88 Å². The molecule has 0 unspecified atom stereocenters. The molecule has 1 aromatic carbocycles. The average molecular weight is 257 g/mol. The number of para-hydroxylation sites is 1. The zero-order valence-electron chi connectivity index (χ0n) is 10.7. The topological polar surface area (TPSA) is 56.2 Å². The second-order valence-corrected chi connectivity index (χ2v) is 4.56. The molecule has 0 radical (unpaired) electrons. The average Bonchev–Trinajstić information content (AvgIpc) is 2.85. The number of amides is 1. The van der Waals surface area contributed by atoms with E-state index in [0.29, 0.717) is 18.2 Å². The van der Waals surface area contributed by atoms with Crippen molar-refractivity contribution in [1.29, 1.82) is 0 Å². The molecule has 0 bridgehead atoms. The van der Waals surface area contributed by atoms with E-state index >= 15 is 0 Å². The van der Waals surface area contributed by atoms with E-state index in [9.17, 15) is 4.79 Å². The van der Waals surface area contributed by atoms with Gasteiger partial charge in [-0.15, -0.1) is 0 Å². The molecular formula is C14H15N3O2. The van der Waals surface area contributed by atoms with E-state index < -0.39 is 0 Å². The van der Waals surface area contributed by atoms with Gasteiger partial charge in [-0.1, -0.05) is 18.2 Å². The number of aryl methyl sites for hydroxylation is 2. The Bertz CT molecular complexity index is 595. The molecular weight excluding hydrogens is 242 g/mol. The van der Waals surface area contributed by atoms with Crippen molar-refractivity contribution >= 4 is 11.6 Å². The summed E-state index contributed by atoms with van der Waals surface area (Å²) < 4.78 is 7.18. The van der Waals surface area contributed by atoms with Crippen LogP contribution in [-0.2, 0) is 6.54 Å². The van der Waals surface area contributed by atoms with E-state index in [1.807, 2.05) is 31.2 Å². The van der Waals surface area contributed by atoms with Crippen molar-refractivity contribution in [3.8, 4) is 5.88 Å². The molecule has 5 heteroatoms. The quantitative estimate of drug-likeness (QED) is 0.897. The van der Waals surface area contributed by atoms with Crippen LogP contribution >= 0.6 is 0 Å². The molecule has 3 rings (SSSR count). The third-order valence-electron chi connectivity index (χ3n) is 3.13. The molecule has 5 nitrogen and oxygen atoms in total. The number of nitrogens with one attached hydrogen (secondary N) is 1. The van der Waals surface area contributed by atoms with Gasteiger partial charge >= 0.3 is 0 Å². The van der Waals surface area contributed by atoms with E-state index in [2.05, 4.69) is 10.4 Å². The van der Waals surface area contributed by atoms with E-state index in [-0.39, 0.29) is 5.91 Å². The molecule has 0 saturated heterocycles. The highest BCUT2D eigenvalue weighted by molar-refractivity contribution is 6.03. The molecule has 2 aromatic rings. The third kappa shape index (κ3) is 2.31. The molecule has 1 aromatic heterocycles. The normalized spacial score (nSPS) is 13.5. The first-order chi connectivity index (χ1) is 9.24. The Morgan fingerprint density at radius 1 is 1.42 bits per heavy atom. The fourth-order valence-corrected chi connectivity index (χ4v) is 2.08. The van der Waals surface area contributed by atoms with E-state index in [1.54, 1.807) is 10.7 Å². The van der Waals surface area contributed by atoms with E-state index in [1.165, 1.54) is 0 Å². The summed E-state index contributed by atoms with van der Waals surface area (Å²) in [5.41, 5.74) is 2.22. The predicted molar refractivity (Wildman–Crippen MR) is 71.5 cm³/mol. The van der Waals surface area contributed by atoms with Crippen molar-refractivity contribution in [3.05, 3.63) is 41.6 Å². The van der Waals surface area contributed by atoms with Crippen LogP contribution in [0.15, 0.2) is 30.3 Å². The van der Waals surface area contributed by atoms with Gasteiger partial charge in [-0.3, -0.25) is 4.79 Å². The standard InChI is InChI=1S/C14H15N3O2/c1-10-5-2-3-6-11(10)15-14(18)12-9-13-17(16-12)7-4-8-19-13/h2-3,5-6,9H,4,7-8H2,1H3,(H,15,18). The molecule has 1 aliphatic heterocycles. The minimum absolute atomic E-state index is 0.209. The zero-order chi connectivity index (χ0) is 13.2. The van der Waals surface area contributed by atoms with Crippen molar-refractivity contribution in [2.75, 3.05) is 11.9 Å². The molecule has 1 N–H and O–H groups in total. The predicted octanol–water partition coefficient (Wildman–Crippen LogP) is 2.23. The maximum atomic E-state index is 12.1. The molecule has 0 atom stereocenters. The molecule has 0 saturated carbocycles. The first-order valence-electron chi connectivity index (χ1n) is 6.32. The molecule has 2 heterocycles. The number of rotatable bonds is 2. The van der Waals surface area contributed by atoms with Crippen molar-refractivity contribution < 1.29 is 9.53 Å². The Balaban J connectivity index is 1.81. The number of anilines is 1. The van der Waals surface area contributed by atoms with Crippen molar-refractivity contribution in [2.24, 2.45) is 0 Å². The van der Waals surface area contributed by atoms with Gasteiger partial charge in [-0.2, -0.15) is 5.10 Å². The first kappa shape index (κ1) is 11.8. The molecule has 19 heavy (non-hydrogen) atoms. The summed E-state index contributed by atoms with van der Waals surface area (Å²) in [6.07, 6.45) is 0.924. The highest BCUT2D eigenvalue weighted by atomic mass is 16.5. The maximum absolute atomic E-state index is 12.1. The van der Waals surface area contributed by atoms with Gasteiger partial charge in [0.1, 0.15) is 0 Å². The number of ether oxygens (including phenoxy) is 1. The van der Waals surface area contributed by atoms with Crippen LogP contribution in [0.5, 0.6) is 5.88 Å². The van der Waals surface area contributed by atoms with Gasteiger partial charge in [0.15, 0.2) is 5.69 Å². The summed E-state index contributed by atoms with van der Waals surface area (Å²) in [7, 11) is 0. The Kier molecular flexibility index (Phi) is 2.95. The van der Waals surface area contributed by atoms with Crippen LogP contribution in [-0.4, -0.2) is 22.3 Å². The molecule has 98 valence electrons. The fourth-order valence-electron chi connectivity index (χ4n) is 2.08. The minimum atomic E-state index is -0.209. The summed E-state index contributed by atoms with van der Waals surface area (Å²) >= 11 is 0. The first-order valence-corrected chi connectivity index (χ1v) is 6.32. The lowest BCUT2D eigenvalue weighted by molar-refractivity contribution is 0.102. The summed E-state index contributed by atoms with van der Waals surface area (Å²) in [6, 6.07) is 9.35. The number of nitrogens with zero attached hydrogens (tertiary/aromatic N) is 2. The molecule has 0 fully saturated rings.